The van der Waals surface area contributed by atoms with Crippen molar-refractivity contribution >= 4 is 11.6 Å². The smallest absolute Gasteiger partial charge is 0.329 e. The molecule has 2 aromatic heterocycles. The fraction of sp³-hybridized carbons (Fsp3) is 0.594. The predicted octanol–water partition coefficient (Wildman–Crippen LogP) is 7.33. The van der Waals surface area contributed by atoms with Crippen LogP contribution < -0.4 is 4.90 Å². The van der Waals surface area contributed by atoms with Gasteiger partial charge in [0, 0.05) is 47.9 Å². The van der Waals surface area contributed by atoms with Crippen LogP contribution in [0.2, 0.25) is 0 Å². The third-order valence-electron chi connectivity index (χ3n) is 11.0. The van der Waals surface area contributed by atoms with Crippen LogP contribution in [0.15, 0.2) is 41.2 Å². The van der Waals surface area contributed by atoms with Crippen LogP contribution in [0, 0.1) is 10.8 Å². The zero-order valence-corrected chi connectivity index (χ0v) is 23.8. The van der Waals surface area contributed by atoms with Crippen molar-refractivity contribution in [1.29, 1.82) is 0 Å². The Morgan fingerprint density at radius 1 is 0.953 bits per heavy atom. The number of fused-ring (bicyclic) bond motifs is 3. The molecule has 10 rings (SSSR count). The molecule has 7 aliphatic rings. The number of carbonyl (C=O) groups excluding carboxylic acids is 1. The molecule has 43 heavy (non-hydrogen) atoms. The maximum Gasteiger partial charge on any atom is 0.471 e. The third-order valence-corrected chi connectivity index (χ3v) is 11.0. The second kappa shape index (κ2) is 9.08. The average Bonchev–Trinajstić information content (AvgIpc) is 3.69. The Hall–Kier alpha value is -3.37. The maximum atomic E-state index is 14.3. The Balaban J connectivity index is 1.05. The van der Waals surface area contributed by atoms with Crippen LogP contribution >= 0.6 is 0 Å². The molecule has 0 atom stereocenters. The lowest BCUT2D eigenvalue weighted by Crippen LogP contribution is -2.65. The minimum Gasteiger partial charge on any atom is -0.329 e. The van der Waals surface area contributed by atoms with Gasteiger partial charge in [0.25, 0.3) is 0 Å². The molecule has 0 radical (unpaired) electrons. The zero-order valence-electron chi connectivity index (χ0n) is 23.8. The molecule has 226 valence electrons. The molecule has 7 saturated carbocycles. The number of nitrogens with zero attached hydrogens (tertiary/aromatic N) is 5. The lowest BCUT2D eigenvalue weighted by molar-refractivity contribution is -0.215. The van der Waals surface area contributed by atoms with E-state index in [1.165, 1.54) is 0 Å². The van der Waals surface area contributed by atoms with Crippen molar-refractivity contribution in [3.63, 3.8) is 0 Å². The van der Waals surface area contributed by atoms with E-state index in [-0.39, 0.29) is 22.6 Å². The predicted molar refractivity (Wildman–Crippen MR) is 148 cm³/mol. The molecule has 7 aliphatic carbocycles. The second-order valence-corrected chi connectivity index (χ2v) is 14.2. The lowest BCUT2D eigenvalue weighted by Gasteiger charge is -2.66. The van der Waals surface area contributed by atoms with E-state index in [0.29, 0.717) is 57.4 Å². The van der Waals surface area contributed by atoms with E-state index in [2.05, 4.69) is 24.6 Å². The van der Waals surface area contributed by atoms with Crippen LogP contribution in [0.25, 0.3) is 11.1 Å². The van der Waals surface area contributed by atoms with Gasteiger partial charge in [0.05, 0.1) is 0 Å². The number of carbonyl (C=O) groups is 1. The minimum atomic E-state index is -4.67. The van der Waals surface area contributed by atoms with Gasteiger partial charge in [-0.2, -0.15) is 18.2 Å². The molecule has 0 saturated heterocycles. The molecular formula is C32H33F4N5O2. The first-order chi connectivity index (χ1) is 20.5. The summed E-state index contributed by atoms with van der Waals surface area (Å²) >= 11 is 0. The number of aromatic nitrogens is 4. The van der Waals surface area contributed by atoms with Crippen LogP contribution in [-0.4, -0.2) is 38.2 Å². The van der Waals surface area contributed by atoms with E-state index in [4.69, 9.17) is 0 Å². The van der Waals surface area contributed by atoms with Gasteiger partial charge in [-0.1, -0.05) is 17.3 Å². The Morgan fingerprint density at radius 3 is 2.21 bits per heavy atom. The summed E-state index contributed by atoms with van der Waals surface area (Å²) in [4.78, 5) is 28.8. The summed E-state index contributed by atoms with van der Waals surface area (Å²) in [7, 11) is 0. The highest BCUT2D eigenvalue weighted by atomic mass is 19.4. The van der Waals surface area contributed by atoms with Crippen LogP contribution in [0.5, 0.6) is 0 Å². The number of rotatable bonds is 8. The molecule has 0 unspecified atom stereocenters. The molecule has 0 N–H and O–H groups in total. The molecule has 1 amide bonds. The van der Waals surface area contributed by atoms with Gasteiger partial charge in [0.15, 0.2) is 5.82 Å². The summed E-state index contributed by atoms with van der Waals surface area (Å²) in [5.41, 5.74) is 0.598. The van der Waals surface area contributed by atoms with Gasteiger partial charge in [0.2, 0.25) is 5.91 Å². The Morgan fingerprint density at radius 2 is 1.63 bits per heavy atom. The summed E-state index contributed by atoms with van der Waals surface area (Å²) in [6.07, 6.45) is 7.17. The molecule has 7 fully saturated rings. The Kier molecular flexibility index (Phi) is 5.74. The molecule has 1 aromatic carbocycles. The fourth-order valence-corrected chi connectivity index (χ4v) is 8.41. The molecular weight excluding hydrogens is 562 g/mol. The quantitative estimate of drug-likeness (QED) is 0.254. The average molecular weight is 596 g/mol. The normalized spacial score (nSPS) is 32.7. The van der Waals surface area contributed by atoms with Gasteiger partial charge in [-0.25, -0.2) is 14.4 Å². The van der Waals surface area contributed by atoms with Gasteiger partial charge in [-0.05, 0) is 99.2 Å². The highest BCUT2D eigenvalue weighted by Gasteiger charge is 2.69. The van der Waals surface area contributed by atoms with E-state index in [9.17, 15) is 22.4 Å². The molecule has 0 aliphatic heterocycles. The van der Waals surface area contributed by atoms with Gasteiger partial charge in [-0.15, -0.1) is 0 Å². The van der Waals surface area contributed by atoms with Crippen molar-refractivity contribution in [3.8, 4) is 11.1 Å². The first-order valence-electron chi connectivity index (χ1n) is 15.3. The van der Waals surface area contributed by atoms with Crippen molar-refractivity contribution < 1.29 is 26.9 Å². The number of amides is 1. The SMILES string of the molecule is O=C(CC12CC(F)(C1)C2)N(CC12CCC(c3noc(C(F)(F)F)n3)(CC1)CC2)c1cccc(-c2cnc(C3CC3)nc2)c1. The number of anilines is 1. The van der Waals surface area contributed by atoms with E-state index in [0.717, 1.165) is 54.7 Å². The van der Waals surface area contributed by atoms with Gasteiger partial charge in [0.1, 0.15) is 11.5 Å². The molecule has 3 aromatic rings. The van der Waals surface area contributed by atoms with Crippen molar-refractivity contribution in [2.75, 3.05) is 11.4 Å². The minimum absolute atomic E-state index is 0.00371. The van der Waals surface area contributed by atoms with Crippen LogP contribution in [0.1, 0.15) is 101 Å². The highest BCUT2D eigenvalue weighted by molar-refractivity contribution is 5.95. The largest absolute Gasteiger partial charge is 0.471 e. The number of hydrogen-bond acceptors (Lipinski definition) is 6. The monoisotopic (exact) mass is 595 g/mol. The van der Waals surface area contributed by atoms with Crippen molar-refractivity contribution in [1.82, 2.24) is 20.1 Å². The highest BCUT2D eigenvalue weighted by Crippen LogP contribution is 2.71. The Bertz CT molecular complexity index is 1540. The molecule has 7 nitrogen and oxygen atoms in total. The lowest BCUT2D eigenvalue weighted by atomic mass is 9.41. The summed E-state index contributed by atoms with van der Waals surface area (Å²) < 4.78 is 58.3. The summed E-state index contributed by atoms with van der Waals surface area (Å²) in [5, 5.41) is 3.75. The molecule has 4 bridgehead atoms. The number of halogens is 4. The maximum absolute atomic E-state index is 14.3. The van der Waals surface area contributed by atoms with Gasteiger partial charge < -0.3 is 9.42 Å². The first-order valence-corrected chi connectivity index (χ1v) is 15.3. The topological polar surface area (TPSA) is 85.0 Å². The second-order valence-electron chi connectivity index (χ2n) is 14.2. The van der Waals surface area contributed by atoms with Crippen LogP contribution in [0.3, 0.4) is 0 Å². The van der Waals surface area contributed by atoms with E-state index in [1.54, 1.807) is 0 Å². The van der Waals surface area contributed by atoms with Crippen LogP contribution in [-0.2, 0) is 16.4 Å². The van der Waals surface area contributed by atoms with Crippen molar-refractivity contribution in [2.45, 2.75) is 100 Å². The summed E-state index contributed by atoms with van der Waals surface area (Å²) in [6.45, 7) is 0.513. The summed E-state index contributed by atoms with van der Waals surface area (Å²) in [5.74, 6) is 0.189. The van der Waals surface area contributed by atoms with Crippen molar-refractivity contribution in [2.24, 2.45) is 10.8 Å². The first kappa shape index (κ1) is 27.2. The standard InChI is InChI=1S/C32H33F4N5O2/c33-31-16-29(17-31,18-31)13-24(42)41(23-3-1-2-21(12-23)22-14-37-25(38-15-22)20-4-5-20)19-28-6-9-30(10-7-28,11-8-28)26-39-27(43-40-26)32(34,35)36/h1-3,12,14-15,20H,4-11,13,16-19H2. The fourth-order valence-electron chi connectivity index (χ4n) is 8.41. The van der Waals surface area contributed by atoms with E-state index in [1.807, 2.05) is 41.6 Å². The zero-order chi connectivity index (χ0) is 29.7. The van der Waals surface area contributed by atoms with Crippen LogP contribution in [0.4, 0.5) is 23.2 Å². The molecule has 2 heterocycles. The van der Waals surface area contributed by atoms with E-state index < -0.39 is 23.2 Å². The van der Waals surface area contributed by atoms with E-state index >= 15 is 0 Å². The van der Waals surface area contributed by atoms with Crippen molar-refractivity contribution in [3.05, 3.63) is 54.2 Å². The summed E-state index contributed by atoms with van der Waals surface area (Å²) in [6, 6.07) is 7.89. The third kappa shape index (κ3) is 4.65. The van der Waals surface area contributed by atoms with Gasteiger partial charge in [-0.3, -0.25) is 4.79 Å². The number of hydrogen-bond donors (Lipinski definition) is 0. The molecule has 0 spiro atoms. The number of benzene rings is 1. The van der Waals surface area contributed by atoms with Gasteiger partial charge >= 0.3 is 12.1 Å². The Labute approximate surface area is 246 Å². The number of alkyl halides is 4. The molecule has 11 heteroatoms.